The highest BCUT2D eigenvalue weighted by atomic mass is 16.5. The van der Waals surface area contributed by atoms with Crippen molar-refractivity contribution in [3.8, 4) is 11.4 Å². The van der Waals surface area contributed by atoms with Crippen LogP contribution in [-0.4, -0.2) is 24.8 Å². The molecule has 0 spiro atoms. The van der Waals surface area contributed by atoms with E-state index in [1.807, 2.05) is 48.7 Å². The summed E-state index contributed by atoms with van der Waals surface area (Å²) in [6, 6.07) is 9.55. The third-order valence-corrected chi connectivity index (χ3v) is 3.15. The Labute approximate surface area is 112 Å². The lowest BCUT2D eigenvalue weighted by Gasteiger charge is -2.11. The number of ether oxygens (including phenoxy) is 2. The topological polar surface area (TPSA) is 40.5 Å². The molecule has 1 heterocycles. The zero-order valence-electron chi connectivity index (χ0n) is 11.6. The number of carbonyl (C=O) groups is 1. The van der Waals surface area contributed by atoms with Gasteiger partial charge in [-0.2, -0.15) is 0 Å². The summed E-state index contributed by atoms with van der Waals surface area (Å²) in [5, 5.41) is 0. The van der Waals surface area contributed by atoms with Crippen molar-refractivity contribution in [2.75, 3.05) is 14.2 Å². The zero-order chi connectivity index (χ0) is 14.0. The van der Waals surface area contributed by atoms with E-state index in [2.05, 4.69) is 0 Å². The summed E-state index contributed by atoms with van der Waals surface area (Å²) in [4.78, 5) is 11.7. The second kappa shape index (κ2) is 5.18. The second-order valence-electron chi connectivity index (χ2n) is 4.31. The van der Waals surface area contributed by atoms with E-state index in [0.29, 0.717) is 5.56 Å². The maximum Gasteiger partial charge on any atom is 0.339 e. The van der Waals surface area contributed by atoms with Crippen molar-refractivity contribution in [1.29, 1.82) is 0 Å². The fourth-order valence-electron chi connectivity index (χ4n) is 2.23. The minimum absolute atomic E-state index is 0.317. The van der Waals surface area contributed by atoms with Gasteiger partial charge in [0.1, 0.15) is 5.75 Å². The molecule has 0 aliphatic carbocycles. The Morgan fingerprint density at radius 1 is 1.16 bits per heavy atom. The van der Waals surface area contributed by atoms with Crippen molar-refractivity contribution in [3.05, 3.63) is 47.3 Å². The zero-order valence-corrected chi connectivity index (χ0v) is 11.6. The number of aromatic nitrogens is 1. The van der Waals surface area contributed by atoms with Gasteiger partial charge in [-0.05, 0) is 32.0 Å². The molecular weight excluding hydrogens is 242 g/mol. The van der Waals surface area contributed by atoms with Crippen LogP contribution in [0.5, 0.6) is 5.75 Å². The number of carbonyl (C=O) groups excluding carboxylic acids is 1. The molecule has 4 nitrogen and oxygen atoms in total. The molecule has 0 aliphatic heterocycles. The van der Waals surface area contributed by atoms with Crippen molar-refractivity contribution in [3.63, 3.8) is 0 Å². The lowest BCUT2D eigenvalue weighted by atomic mass is 10.2. The molecule has 0 amide bonds. The first-order chi connectivity index (χ1) is 9.08. The van der Waals surface area contributed by atoms with Crippen molar-refractivity contribution < 1.29 is 14.3 Å². The molecule has 2 rings (SSSR count). The average Bonchev–Trinajstić information content (AvgIpc) is 2.73. The lowest BCUT2D eigenvalue weighted by Crippen LogP contribution is -2.04. The Hall–Kier alpha value is -2.23. The number of aryl methyl sites for hydroxylation is 1. The van der Waals surface area contributed by atoms with Gasteiger partial charge in [0.2, 0.25) is 0 Å². The molecule has 0 atom stereocenters. The highest BCUT2D eigenvalue weighted by molar-refractivity contribution is 5.91. The van der Waals surface area contributed by atoms with Crippen molar-refractivity contribution in [2.45, 2.75) is 13.8 Å². The summed E-state index contributed by atoms with van der Waals surface area (Å²) in [5.74, 6) is 0.465. The van der Waals surface area contributed by atoms with Gasteiger partial charge in [-0.3, -0.25) is 0 Å². The van der Waals surface area contributed by atoms with Crippen LogP contribution >= 0.6 is 0 Å². The maximum atomic E-state index is 11.7. The first kappa shape index (κ1) is 13.2. The molecule has 0 radical (unpaired) electrons. The van der Waals surface area contributed by atoms with E-state index >= 15 is 0 Å². The van der Waals surface area contributed by atoms with Gasteiger partial charge >= 0.3 is 5.97 Å². The Morgan fingerprint density at radius 3 is 2.53 bits per heavy atom. The Kier molecular flexibility index (Phi) is 3.60. The standard InChI is InChI=1S/C15H17NO3/c1-10-8-14(15(17)19-4)11(2)16(10)12-6-5-7-13(9-12)18-3/h5-9H,1-4H3. The van der Waals surface area contributed by atoms with Gasteiger partial charge in [0.15, 0.2) is 0 Å². The smallest absolute Gasteiger partial charge is 0.339 e. The van der Waals surface area contributed by atoms with Crippen molar-refractivity contribution in [2.24, 2.45) is 0 Å². The molecule has 0 N–H and O–H groups in total. The van der Waals surface area contributed by atoms with E-state index in [4.69, 9.17) is 9.47 Å². The summed E-state index contributed by atoms with van der Waals surface area (Å²) in [5.41, 5.74) is 3.39. The minimum atomic E-state index is -0.317. The van der Waals surface area contributed by atoms with Crippen LogP contribution in [0.1, 0.15) is 21.7 Å². The molecule has 0 unspecified atom stereocenters. The van der Waals surface area contributed by atoms with E-state index in [1.165, 1.54) is 7.11 Å². The normalized spacial score (nSPS) is 10.3. The Balaban J connectivity index is 2.56. The van der Waals surface area contributed by atoms with Crippen molar-refractivity contribution in [1.82, 2.24) is 4.57 Å². The summed E-state index contributed by atoms with van der Waals surface area (Å²) in [7, 11) is 3.02. The molecule has 1 aromatic carbocycles. The fourth-order valence-corrected chi connectivity index (χ4v) is 2.23. The van der Waals surface area contributed by atoms with E-state index in [1.54, 1.807) is 7.11 Å². The van der Waals surface area contributed by atoms with E-state index in [-0.39, 0.29) is 5.97 Å². The SMILES string of the molecule is COC(=O)c1cc(C)n(-c2cccc(OC)c2)c1C. The average molecular weight is 259 g/mol. The van der Waals surface area contributed by atoms with Crippen LogP contribution in [0.4, 0.5) is 0 Å². The van der Waals surface area contributed by atoms with E-state index in [9.17, 15) is 4.79 Å². The highest BCUT2D eigenvalue weighted by Crippen LogP contribution is 2.24. The van der Waals surface area contributed by atoms with Gasteiger partial charge in [0.05, 0.1) is 19.8 Å². The van der Waals surface area contributed by atoms with Crippen LogP contribution in [0.3, 0.4) is 0 Å². The predicted molar refractivity (Wildman–Crippen MR) is 73.1 cm³/mol. The molecule has 0 aliphatic rings. The first-order valence-electron chi connectivity index (χ1n) is 6.00. The number of rotatable bonds is 3. The number of nitrogens with zero attached hydrogens (tertiary/aromatic N) is 1. The van der Waals surface area contributed by atoms with Crippen molar-refractivity contribution >= 4 is 5.97 Å². The lowest BCUT2D eigenvalue weighted by molar-refractivity contribution is 0.0600. The fraction of sp³-hybridized carbons (Fsp3) is 0.267. The molecule has 0 bridgehead atoms. The molecule has 0 saturated heterocycles. The largest absolute Gasteiger partial charge is 0.497 e. The molecule has 100 valence electrons. The van der Waals surface area contributed by atoms with E-state index in [0.717, 1.165) is 22.8 Å². The number of hydrogen-bond acceptors (Lipinski definition) is 3. The van der Waals surface area contributed by atoms with Crippen LogP contribution in [-0.2, 0) is 4.74 Å². The van der Waals surface area contributed by atoms with Crippen LogP contribution in [0.15, 0.2) is 30.3 Å². The Morgan fingerprint density at radius 2 is 1.89 bits per heavy atom. The molecule has 19 heavy (non-hydrogen) atoms. The first-order valence-corrected chi connectivity index (χ1v) is 6.00. The third kappa shape index (κ3) is 2.34. The van der Waals surface area contributed by atoms with Gasteiger partial charge in [0, 0.05) is 23.1 Å². The van der Waals surface area contributed by atoms with Gasteiger partial charge < -0.3 is 14.0 Å². The number of methoxy groups -OCH3 is 2. The highest BCUT2D eigenvalue weighted by Gasteiger charge is 2.17. The molecular formula is C15H17NO3. The van der Waals surface area contributed by atoms with Gasteiger partial charge in [0.25, 0.3) is 0 Å². The monoisotopic (exact) mass is 259 g/mol. The predicted octanol–water partition coefficient (Wildman–Crippen LogP) is 2.89. The summed E-state index contributed by atoms with van der Waals surface area (Å²) >= 11 is 0. The van der Waals surface area contributed by atoms with Crippen LogP contribution in [0.25, 0.3) is 5.69 Å². The van der Waals surface area contributed by atoms with E-state index < -0.39 is 0 Å². The van der Waals surface area contributed by atoms with Gasteiger partial charge in [-0.15, -0.1) is 0 Å². The Bertz CT molecular complexity index is 614. The summed E-state index contributed by atoms with van der Waals surface area (Å²) in [6.45, 7) is 3.86. The molecule has 2 aromatic rings. The number of esters is 1. The molecule has 1 aromatic heterocycles. The van der Waals surface area contributed by atoms with Crippen LogP contribution < -0.4 is 4.74 Å². The van der Waals surface area contributed by atoms with Gasteiger partial charge in [-0.25, -0.2) is 4.79 Å². The summed E-state index contributed by atoms with van der Waals surface area (Å²) < 4.78 is 12.0. The third-order valence-electron chi connectivity index (χ3n) is 3.15. The summed E-state index contributed by atoms with van der Waals surface area (Å²) in [6.07, 6.45) is 0. The van der Waals surface area contributed by atoms with Crippen LogP contribution in [0, 0.1) is 13.8 Å². The van der Waals surface area contributed by atoms with Gasteiger partial charge in [-0.1, -0.05) is 6.07 Å². The number of benzene rings is 1. The second-order valence-corrected chi connectivity index (χ2v) is 4.31. The quantitative estimate of drug-likeness (QED) is 0.796. The molecule has 0 saturated carbocycles. The molecule has 0 fully saturated rings. The van der Waals surface area contributed by atoms with Crippen LogP contribution in [0.2, 0.25) is 0 Å². The minimum Gasteiger partial charge on any atom is -0.497 e. The molecule has 4 heteroatoms. The maximum absolute atomic E-state index is 11.7. The number of hydrogen-bond donors (Lipinski definition) is 0.